The molecule has 6 heteroatoms. The smallest absolute Gasteiger partial charge is 0.326 e. The van der Waals surface area contributed by atoms with Crippen LogP contribution in [0.15, 0.2) is 17.1 Å². The summed E-state index contributed by atoms with van der Waals surface area (Å²) in [5.41, 5.74) is 0.177. The minimum atomic E-state index is -1.09. The van der Waals surface area contributed by atoms with E-state index in [1.165, 1.54) is 19.3 Å². The van der Waals surface area contributed by atoms with Crippen molar-refractivity contribution in [1.82, 2.24) is 9.88 Å². The van der Waals surface area contributed by atoms with E-state index in [1.54, 1.807) is 13.8 Å². The number of carbonyl (C=O) groups excluding carboxylic acids is 1. The predicted octanol–water partition coefficient (Wildman–Crippen LogP) is 0.619. The Morgan fingerprint density at radius 1 is 1.50 bits per heavy atom. The van der Waals surface area contributed by atoms with Crippen LogP contribution in [0, 0.1) is 6.92 Å². The molecule has 0 aliphatic rings. The predicted molar refractivity (Wildman–Crippen MR) is 65.6 cm³/mol. The lowest BCUT2D eigenvalue weighted by Crippen LogP contribution is -2.43. The zero-order valence-electron chi connectivity index (χ0n) is 10.6. The first-order chi connectivity index (χ1) is 8.38. The molecule has 0 spiro atoms. The summed E-state index contributed by atoms with van der Waals surface area (Å²) in [6.07, 6.45) is 1.59. The Labute approximate surface area is 104 Å². The second-order valence-corrected chi connectivity index (χ2v) is 4.07. The molecule has 0 aromatic carbocycles. The van der Waals surface area contributed by atoms with Crippen LogP contribution in [0.2, 0.25) is 0 Å². The monoisotopic (exact) mass is 252 g/mol. The minimum Gasteiger partial charge on any atom is -0.480 e. The van der Waals surface area contributed by atoms with Crippen molar-refractivity contribution in [2.45, 2.75) is 26.3 Å². The zero-order chi connectivity index (χ0) is 13.9. The van der Waals surface area contributed by atoms with Crippen LogP contribution >= 0.6 is 0 Å². The van der Waals surface area contributed by atoms with Gasteiger partial charge in [-0.3, -0.25) is 9.59 Å². The molecule has 6 nitrogen and oxygen atoms in total. The number of rotatable bonds is 4. The maximum atomic E-state index is 12.0. The van der Waals surface area contributed by atoms with E-state index in [9.17, 15) is 14.4 Å². The normalized spacial score (nSPS) is 11.9. The second-order valence-electron chi connectivity index (χ2n) is 4.07. The highest BCUT2D eigenvalue weighted by Crippen LogP contribution is 2.06. The zero-order valence-corrected chi connectivity index (χ0v) is 10.6. The third-order valence-electron chi connectivity index (χ3n) is 2.75. The number of hydrogen-bond donors (Lipinski definition) is 2. The molecule has 2 N–H and O–H groups in total. The molecular formula is C12H16N2O4. The highest BCUT2D eigenvalue weighted by molar-refractivity contribution is 5.96. The average Bonchev–Trinajstić information content (AvgIpc) is 2.28. The van der Waals surface area contributed by atoms with E-state index in [-0.39, 0.29) is 12.0 Å². The molecule has 98 valence electrons. The molecule has 0 bridgehead atoms. The van der Waals surface area contributed by atoms with Crippen molar-refractivity contribution in [2.75, 3.05) is 7.05 Å². The molecule has 0 saturated carbocycles. The van der Waals surface area contributed by atoms with E-state index in [0.717, 1.165) is 4.90 Å². The van der Waals surface area contributed by atoms with Gasteiger partial charge in [-0.15, -0.1) is 0 Å². The van der Waals surface area contributed by atoms with Gasteiger partial charge in [-0.2, -0.15) is 0 Å². The molecular weight excluding hydrogens is 236 g/mol. The van der Waals surface area contributed by atoms with Gasteiger partial charge in [0.2, 0.25) is 0 Å². The van der Waals surface area contributed by atoms with Gasteiger partial charge < -0.3 is 15.0 Å². The lowest BCUT2D eigenvalue weighted by molar-refractivity contribution is -0.142. The minimum absolute atomic E-state index is 0.0530. The SMILES string of the molecule is CCC(C(=O)O)N(C)C(=O)c1c[nH]c(C)cc1=O. The maximum absolute atomic E-state index is 12.0. The number of carboxylic acids is 1. The van der Waals surface area contributed by atoms with E-state index < -0.39 is 23.3 Å². The van der Waals surface area contributed by atoms with Gasteiger partial charge in [0.05, 0.1) is 0 Å². The van der Waals surface area contributed by atoms with Crippen molar-refractivity contribution in [2.24, 2.45) is 0 Å². The highest BCUT2D eigenvalue weighted by atomic mass is 16.4. The van der Waals surface area contributed by atoms with Crippen LogP contribution in [0.3, 0.4) is 0 Å². The van der Waals surface area contributed by atoms with Crippen LogP contribution in [0.1, 0.15) is 29.4 Å². The summed E-state index contributed by atoms with van der Waals surface area (Å²) < 4.78 is 0. The number of aromatic nitrogens is 1. The Morgan fingerprint density at radius 2 is 2.11 bits per heavy atom. The summed E-state index contributed by atoms with van der Waals surface area (Å²) in [5.74, 6) is -1.68. The molecule has 0 aliphatic heterocycles. The first kappa shape index (κ1) is 14.0. The number of carbonyl (C=O) groups is 2. The van der Waals surface area contributed by atoms with Gasteiger partial charge in [0.1, 0.15) is 11.6 Å². The number of nitrogens with one attached hydrogen (secondary N) is 1. The van der Waals surface area contributed by atoms with E-state index in [2.05, 4.69) is 4.98 Å². The Hall–Kier alpha value is -2.11. The van der Waals surface area contributed by atoms with Crippen LogP contribution in [-0.4, -0.2) is 40.0 Å². The molecule has 1 heterocycles. The van der Waals surface area contributed by atoms with Gasteiger partial charge in [-0.25, -0.2) is 4.79 Å². The lowest BCUT2D eigenvalue weighted by Gasteiger charge is -2.23. The third kappa shape index (κ3) is 2.77. The Bertz CT molecular complexity index is 521. The number of pyridine rings is 1. The van der Waals surface area contributed by atoms with Crippen molar-refractivity contribution >= 4 is 11.9 Å². The Balaban J connectivity index is 3.07. The van der Waals surface area contributed by atoms with Crippen LogP contribution in [-0.2, 0) is 4.79 Å². The number of H-pyrrole nitrogens is 1. The fourth-order valence-corrected chi connectivity index (χ4v) is 1.69. The number of aliphatic carboxylic acids is 1. The topological polar surface area (TPSA) is 90.5 Å². The molecule has 1 aromatic rings. The van der Waals surface area contributed by atoms with Crippen molar-refractivity contribution < 1.29 is 14.7 Å². The Kier molecular flexibility index (Phi) is 4.25. The van der Waals surface area contributed by atoms with Gasteiger partial charge in [-0.1, -0.05) is 6.92 Å². The molecule has 0 fully saturated rings. The first-order valence-electron chi connectivity index (χ1n) is 5.57. The quantitative estimate of drug-likeness (QED) is 0.821. The molecule has 1 unspecified atom stereocenters. The van der Waals surface area contributed by atoms with Crippen molar-refractivity contribution in [1.29, 1.82) is 0 Å². The molecule has 0 radical (unpaired) electrons. The largest absolute Gasteiger partial charge is 0.480 e. The van der Waals surface area contributed by atoms with Gasteiger partial charge in [-0.05, 0) is 13.3 Å². The van der Waals surface area contributed by atoms with Crippen molar-refractivity contribution in [3.63, 3.8) is 0 Å². The summed E-state index contributed by atoms with van der Waals surface area (Å²) in [4.78, 5) is 38.5. The van der Waals surface area contributed by atoms with Gasteiger partial charge in [0.25, 0.3) is 5.91 Å². The number of amides is 1. The van der Waals surface area contributed by atoms with Crippen LogP contribution in [0.5, 0.6) is 0 Å². The molecule has 0 saturated heterocycles. The van der Waals surface area contributed by atoms with Crippen molar-refractivity contribution in [3.8, 4) is 0 Å². The van der Waals surface area contributed by atoms with Gasteiger partial charge in [0.15, 0.2) is 5.43 Å². The summed E-state index contributed by atoms with van der Waals surface area (Å²) in [6, 6.07) is 0.376. The second kappa shape index (κ2) is 5.48. The molecule has 0 aliphatic carbocycles. The van der Waals surface area contributed by atoms with Gasteiger partial charge in [0, 0.05) is 25.0 Å². The van der Waals surface area contributed by atoms with E-state index in [1.807, 2.05) is 0 Å². The summed E-state index contributed by atoms with van der Waals surface area (Å²) >= 11 is 0. The number of hydrogen-bond acceptors (Lipinski definition) is 3. The molecule has 1 atom stereocenters. The Morgan fingerprint density at radius 3 is 2.56 bits per heavy atom. The number of carboxylic acid groups (broad SMARTS) is 1. The third-order valence-corrected chi connectivity index (χ3v) is 2.75. The van der Waals surface area contributed by atoms with Crippen LogP contribution in [0.25, 0.3) is 0 Å². The average molecular weight is 252 g/mol. The van der Waals surface area contributed by atoms with E-state index in [0.29, 0.717) is 5.69 Å². The maximum Gasteiger partial charge on any atom is 0.326 e. The summed E-state index contributed by atoms with van der Waals surface area (Å²) in [6.45, 7) is 3.37. The van der Waals surface area contributed by atoms with Gasteiger partial charge >= 0.3 is 5.97 Å². The molecule has 1 rings (SSSR count). The standard InChI is InChI=1S/C12H16N2O4/c1-4-9(12(17)18)14(3)11(16)8-6-13-7(2)5-10(8)15/h5-6,9H,4H2,1-3H3,(H,13,15)(H,17,18). The van der Waals surface area contributed by atoms with E-state index in [4.69, 9.17) is 5.11 Å². The molecule has 1 aromatic heterocycles. The fraction of sp³-hybridized carbons (Fsp3) is 0.417. The number of aryl methyl sites for hydroxylation is 1. The summed E-state index contributed by atoms with van der Waals surface area (Å²) in [5, 5.41) is 8.97. The van der Waals surface area contributed by atoms with E-state index >= 15 is 0 Å². The fourth-order valence-electron chi connectivity index (χ4n) is 1.69. The molecule has 18 heavy (non-hydrogen) atoms. The summed E-state index contributed by atoms with van der Waals surface area (Å²) in [7, 11) is 1.38. The number of likely N-dealkylation sites (N-methyl/N-ethyl adjacent to an activating group) is 1. The lowest BCUT2D eigenvalue weighted by atomic mass is 10.1. The van der Waals surface area contributed by atoms with Crippen LogP contribution in [0.4, 0.5) is 0 Å². The molecule has 1 amide bonds. The van der Waals surface area contributed by atoms with Crippen LogP contribution < -0.4 is 5.43 Å². The van der Waals surface area contributed by atoms with Crippen molar-refractivity contribution in [3.05, 3.63) is 33.7 Å². The number of nitrogens with zero attached hydrogens (tertiary/aromatic N) is 1. The number of aromatic amines is 1. The first-order valence-corrected chi connectivity index (χ1v) is 5.57. The highest BCUT2D eigenvalue weighted by Gasteiger charge is 2.26.